The molecule has 0 fully saturated rings. The average molecular weight is 364 g/mol. The lowest BCUT2D eigenvalue weighted by Crippen LogP contribution is -2.35. The number of rotatable bonds is 9. The van der Waals surface area contributed by atoms with Crippen LogP contribution in [0.5, 0.6) is 0 Å². The molecule has 0 saturated heterocycles. The van der Waals surface area contributed by atoms with Gasteiger partial charge in [-0.2, -0.15) is 0 Å². The molecule has 0 bridgehead atoms. The summed E-state index contributed by atoms with van der Waals surface area (Å²) in [6.07, 6.45) is 6.12. The quantitative estimate of drug-likeness (QED) is 0.624. The number of nitrogens with one attached hydrogen (secondary N) is 1. The maximum atomic E-state index is 11.9. The summed E-state index contributed by atoms with van der Waals surface area (Å²) in [5.74, 6) is 0.201. The van der Waals surface area contributed by atoms with Gasteiger partial charge in [0.05, 0.1) is 11.6 Å². The summed E-state index contributed by atoms with van der Waals surface area (Å²) in [5.41, 5.74) is 5.18. The van der Waals surface area contributed by atoms with Crippen molar-refractivity contribution in [3.05, 3.63) is 11.1 Å². The minimum absolute atomic E-state index is 0. The van der Waals surface area contributed by atoms with Crippen LogP contribution in [-0.4, -0.2) is 27.6 Å². The highest BCUT2D eigenvalue weighted by Crippen LogP contribution is 2.30. The van der Waals surface area contributed by atoms with Crippen LogP contribution in [0.1, 0.15) is 70.6 Å². The van der Waals surface area contributed by atoms with Crippen molar-refractivity contribution in [3.63, 3.8) is 0 Å². The lowest BCUT2D eigenvalue weighted by molar-refractivity contribution is -0.117. The second-order valence-electron chi connectivity index (χ2n) is 6.56. The van der Waals surface area contributed by atoms with Gasteiger partial charge in [-0.25, -0.2) is 4.98 Å². The molecule has 1 aromatic rings. The van der Waals surface area contributed by atoms with Crippen LogP contribution in [0.25, 0.3) is 0 Å². The number of nitrogens with zero attached hydrogens (tertiary/aromatic N) is 1. The summed E-state index contributed by atoms with van der Waals surface area (Å²) >= 11 is 1.50. The number of thiazole rings is 1. The second-order valence-corrected chi connectivity index (χ2v) is 7.62. The van der Waals surface area contributed by atoms with Gasteiger partial charge in [-0.15, -0.1) is 23.7 Å². The number of hydrogen-bond donors (Lipinski definition) is 3. The van der Waals surface area contributed by atoms with Gasteiger partial charge in [-0.05, 0) is 45.4 Å². The Morgan fingerprint density at radius 3 is 2.70 bits per heavy atom. The SMILES string of the molecule is CCC[C@H](N)C(=O)Nc1ncc(C(C)CCCC(C)(C)O)s1.Cl. The topological polar surface area (TPSA) is 88.2 Å². The summed E-state index contributed by atoms with van der Waals surface area (Å²) in [7, 11) is 0. The molecule has 1 rings (SSSR count). The Morgan fingerprint density at radius 2 is 2.13 bits per heavy atom. The van der Waals surface area contributed by atoms with Crippen molar-refractivity contribution in [2.24, 2.45) is 5.73 Å². The van der Waals surface area contributed by atoms with Crippen molar-refractivity contribution in [1.29, 1.82) is 0 Å². The number of aliphatic hydroxyl groups is 1. The fourth-order valence-corrected chi connectivity index (χ4v) is 3.10. The summed E-state index contributed by atoms with van der Waals surface area (Å²) in [6.45, 7) is 7.81. The monoisotopic (exact) mass is 363 g/mol. The van der Waals surface area contributed by atoms with Gasteiger partial charge in [0.2, 0.25) is 5.91 Å². The van der Waals surface area contributed by atoms with Crippen molar-refractivity contribution < 1.29 is 9.90 Å². The van der Waals surface area contributed by atoms with E-state index >= 15 is 0 Å². The molecule has 5 nitrogen and oxygen atoms in total. The van der Waals surface area contributed by atoms with Crippen molar-refractivity contribution in [2.75, 3.05) is 5.32 Å². The van der Waals surface area contributed by atoms with Gasteiger partial charge in [0.15, 0.2) is 5.13 Å². The lowest BCUT2D eigenvalue weighted by atomic mass is 9.96. The first kappa shape index (κ1) is 22.3. The third-order valence-electron chi connectivity index (χ3n) is 3.60. The van der Waals surface area contributed by atoms with E-state index in [1.165, 1.54) is 11.3 Å². The molecule has 1 aromatic heterocycles. The molecule has 0 radical (unpaired) electrons. The number of carbonyl (C=O) groups excluding carboxylic acids is 1. The maximum Gasteiger partial charge on any atom is 0.243 e. The lowest BCUT2D eigenvalue weighted by Gasteiger charge is -2.17. The minimum atomic E-state index is -0.609. The zero-order chi connectivity index (χ0) is 16.8. The predicted octanol–water partition coefficient (Wildman–Crippen LogP) is 3.68. The van der Waals surface area contributed by atoms with Gasteiger partial charge in [0.25, 0.3) is 0 Å². The Balaban J connectivity index is 0.00000484. The number of anilines is 1. The van der Waals surface area contributed by atoms with Gasteiger partial charge in [-0.3, -0.25) is 4.79 Å². The molecular formula is C16H30ClN3O2S. The third-order valence-corrected chi connectivity index (χ3v) is 4.75. The van der Waals surface area contributed by atoms with Crippen molar-refractivity contribution in [3.8, 4) is 0 Å². The number of halogens is 1. The molecule has 1 amide bonds. The molecule has 2 atom stereocenters. The Kier molecular flexibility index (Phi) is 9.93. The average Bonchev–Trinajstić information content (AvgIpc) is 2.86. The van der Waals surface area contributed by atoms with Crippen LogP contribution in [0, 0.1) is 0 Å². The molecule has 7 heteroatoms. The zero-order valence-corrected chi connectivity index (χ0v) is 16.1. The molecule has 1 unspecified atom stereocenters. The van der Waals surface area contributed by atoms with Gasteiger partial charge in [-0.1, -0.05) is 20.3 Å². The number of carbonyl (C=O) groups is 1. The molecular weight excluding hydrogens is 334 g/mol. The Labute approximate surface area is 149 Å². The predicted molar refractivity (Wildman–Crippen MR) is 99.4 cm³/mol. The summed E-state index contributed by atoms with van der Waals surface area (Å²) in [4.78, 5) is 17.3. The Bertz CT molecular complexity index is 474. The fraction of sp³-hybridized carbons (Fsp3) is 0.750. The molecule has 1 heterocycles. The van der Waals surface area contributed by atoms with Gasteiger partial charge < -0.3 is 16.2 Å². The second kappa shape index (κ2) is 10.2. The van der Waals surface area contributed by atoms with Crippen molar-refractivity contribution >= 4 is 34.8 Å². The zero-order valence-electron chi connectivity index (χ0n) is 14.5. The van der Waals surface area contributed by atoms with Crippen LogP contribution in [-0.2, 0) is 4.79 Å². The Morgan fingerprint density at radius 1 is 1.48 bits per heavy atom. The van der Waals surface area contributed by atoms with Gasteiger partial charge >= 0.3 is 0 Å². The highest BCUT2D eigenvalue weighted by Gasteiger charge is 2.17. The summed E-state index contributed by atoms with van der Waals surface area (Å²) in [5, 5.41) is 13.1. The van der Waals surface area contributed by atoms with E-state index in [9.17, 15) is 9.90 Å². The van der Waals surface area contributed by atoms with Crippen LogP contribution >= 0.6 is 23.7 Å². The van der Waals surface area contributed by atoms with E-state index in [2.05, 4.69) is 17.2 Å². The molecule has 0 aliphatic rings. The van der Waals surface area contributed by atoms with Crippen LogP contribution in [0.2, 0.25) is 0 Å². The van der Waals surface area contributed by atoms with Gasteiger partial charge in [0.1, 0.15) is 0 Å². The van der Waals surface area contributed by atoms with E-state index in [4.69, 9.17) is 5.73 Å². The minimum Gasteiger partial charge on any atom is -0.390 e. The van der Waals surface area contributed by atoms with Crippen molar-refractivity contribution in [1.82, 2.24) is 4.98 Å². The first-order valence-electron chi connectivity index (χ1n) is 7.97. The van der Waals surface area contributed by atoms with E-state index in [0.29, 0.717) is 17.5 Å². The maximum absolute atomic E-state index is 11.9. The molecule has 134 valence electrons. The molecule has 0 aliphatic carbocycles. The van der Waals surface area contributed by atoms with Crippen LogP contribution in [0.4, 0.5) is 5.13 Å². The van der Waals surface area contributed by atoms with Crippen LogP contribution in [0.3, 0.4) is 0 Å². The van der Waals surface area contributed by atoms with E-state index in [0.717, 1.165) is 30.6 Å². The standard InChI is InChI=1S/C16H29N3O2S.ClH/c1-5-7-12(17)14(20)19-15-18-10-13(22-15)11(2)8-6-9-16(3,4)21;/h10-12,21H,5-9,17H2,1-4H3,(H,18,19,20);1H/t11?,12-;/m0./s1. The number of aromatic nitrogens is 1. The summed E-state index contributed by atoms with van der Waals surface area (Å²) in [6, 6.07) is -0.471. The first-order chi connectivity index (χ1) is 10.2. The smallest absolute Gasteiger partial charge is 0.243 e. The van der Waals surface area contributed by atoms with Crippen molar-refractivity contribution in [2.45, 2.75) is 77.4 Å². The van der Waals surface area contributed by atoms with Crippen LogP contribution in [0.15, 0.2) is 6.20 Å². The summed E-state index contributed by atoms with van der Waals surface area (Å²) < 4.78 is 0. The molecule has 0 aromatic carbocycles. The van der Waals surface area contributed by atoms with E-state index in [1.54, 1.807) is 0 Å². The third kappa shape index (κ3) is 8.65. The largest absolute Gasteiger partial charge is 0.390 e. The highest BCUT2D eigenvalue weighted by atomic mass is 35.5. The Hall–Kier alpha value is -0.690. The molecule has 0 aliphatic heterocycles. The van der Waals surface area contributed by atoms with E-state index < -0.39 is 11.6 Å². The number of hydrogen-bond acceptors (Lipinski definition) is 5. The number of amides is 1. The van der Waals surface area contributed by atoms with E-state index in [1.807, 2.05) is 27.0 Å². The normalized spacial score (nSPS) is 14.0. The first-order valence-corrected chi connectivity index (χ1v) is 8.79. The number of nitrogens with two attached hydrogens (primary N) is 1. The van der Waals surface area contributed by atoms with Crippen LogP contribution < -0.4 is 11.1 Å². The van der Waals surface area contributed by atoms with Gasteiger partial charge in [0, 0.05) is 11.1 Å². The van der Waals surface area contributed by atoms with E-state index in [-0.39, 0.29) is 18.3 Å². The molecule has 4 N–H and O–H groups in total. The fourth-order valence-electron chi connectivity index (χ4n) is 2.20. The molecule has 0 spiro atoms. The molecule has 0 saturated carbocycles. The highest BCUT2D eigenvalue weighted by molar-refractivity contribution is 7.15. The molecule has 23 heavy (non-hydrogen) atoms.